The molecule has 2 heteroatoms. The second kappa shape index (κ2) is 5.31. The first-order valence-corrected chi connectivity index (χ1v) is 7.08. The molecule has 1 aliphatic heterocycles. The molecule has 18 heavy (non-hydrogen) atoms. The summed E-state index contributed by atoms with van der Waals surface area (Å²) < 4.78 is 0. The molecular weight excluding hydrogens is 220 g/mol. The van der Waals surface area contributed by atoms with Crippen molar-refractivity contribution in [2.24, 2.45) is 0 Å². The minimum atomic E-state index is 0.202. The van der Waals surface area contributed by atoms with Crippen LogP contribution in [0.3, 0.4) is 0 Å². The summed E-state index contributed by atoms with van der Waals surface area (Å²) >= 11 is 0. The van der Waals surface area contributed by atoms with Gasteiger partial charge >= 0.3 is 0 Å². The van der Waals surface area contributed by atoms with E-state index in [9.17, 15) is 0 Å². The Hall–Kier alpha value is -1.02. The third-order valence-electron chi connectivity index (χ3n) is 3.72. The lowest BCUT2D eigenvalue weighted by molar-refractivity contribution is 0.416. The maximum atomic E-state index is 3.61. The van der Waals surface area contributed by atoms with E-state index in [2.05, 4.69) is 62.2 Å². The van der Waals surface area contributed by atoms with Gasteiger partial charge in [0.2, 0.25) is 0 Å². The number of hydrogen-bond acceptors (Lipinski definition) is 2. The molecule has 0 radical (unpaired) electrons. The van der Waals surface area contributed by atoms with Gasteiger partial charge in [-0.05, 0) is 50.4 Å². The van der Waals surface area contributed by atoms with Crippen LogP contribution in [0.2, 0.25) is 0 Å². The van der Waals surface area contributed by atoms with Gasteiger partial charge in [-0.15, -0.1) is 0 Å². The Balaban J connectivity index is 2.14. The first-order valence-electron chi connectivity index (χ1n) is 7.08. The summed E-state index contributed by atoms with van der Waals surface area (Å²) in [7, 11) is 0. The van der Waals surface area contributed by atoms with E-state index in [0.29, 0.717) is 5.92 Å². The Bertz CT molecular complexity index is 379. The van der Waals surface area contributed by atoms with Crippen LogP contribution in [0.5, 0.6) is 0 Å². The minimum absolute atomic E-state index is 0.202. The molecular formula is C16H26N2. The van der Waals surface area contributed by atoms with E-state index in [1.807, 2.05) is 0 Å². The van der Waals surface area contributed by atoms with Gasteiger partial charge in [0.05, 0.1) is 0 Å². The minimum Gasteiger partial charge on any atom is -0.370 e. The molecule has 2 nitrogen and oxygen atoms in total. The topological polar surface area (TPSA) is 15.3 Å². The highest BCUT2D eigenvalue weighted by molar-refractivity contribution is 5.48. The average molecular weight is 246 g/mol. The van der Waals surface area contributed by atoms with Crippen LogP contribution in [0, 0.1) is 0 Å². The summed E-state index contributed by atoms with van der Waals surface area (Å²) in [5.74, 6) is 0.612. The number of nitrogens with one attached hydrogen (secondary N) is 1. The van der Waals surface area contributed by atoms with Crippen molar-refractivity contribution >= 4 is 5.69 Å². The summed E-state index contributed by atoms with van der Waals surface area (Å²) in [5, 5.41) is 3.61. The molecule has 1 aliphatic rings. The van der Waals surface area contributed by atoms with Gasteiger partial charge in [0.1, 0.15) is 0 Å². The molecule has 1 aromatic rings. The smallest absolute Gasteiger partial charge is 0.0367 e. The van der Waals surface area contributed by atoms with Crippen molar-refractivity contribution in [2.75, 3.05) is 24.5 Å². The zero-order chi connectivity index (χ0) is 13.2. The highest BCUT2D eigenvalue weighted by atomic mass is 15.2. The number of hydrogen-bond donors (Lipinski definition) is 1. The fraction of sp³-hybridized carbons (Fsp3) is 0.625. The lowest BCUT2D eigenvalue weighted by Crippen LogP contribution is -2.46. The average Bonchev–Trinajstić information content (AvgIpc) is 2.50. The van der Waals surface area contributed by atoms with Crippen LogP contribution in [0.1, 0.15) is 45.6 Å². The molecule has 0 aromatic heterocycles. The van der Waals surface area contributed by atoms with Crippen molar-refractivity contribution in [1.82, 2.24) is 5.32 Å². The van der Waals surface area contributed by atoms with Crippen LogP contribution in [0.25, 0.3) is 0 Å². The number of anilines is 1. The van der Waals surface area contributed by atoms with Crippen molar-refractivity contribution in [3.05, 3.63) is 29.8 Å². The largest absolute Gasteiger partial charge is 0.370 e. The summed E-state index contributed by atoms with van der Waals surface area (Å²) in [6.07, 6.45) is 1.22. The third kappa shape index (κ3) is 3.26. The molecule has 1 saturated heterocycles. The Morgan fingerprint density at radius 1 is 1.17 bits per heavy atom. The monoisotopic (exact) mass is 246 g/mol. The standard InChI is InChI=1S/C16H26N2/c1-13(2)14-6-8-15(9-7-14)18-11-5-10-17-16(3,4)12-18/h6-9,13,17H,5,10-12H2,1-4H3. The third-order valence-corrected chi connectivity index (χ3v) is 3.72. The van der Waals surface area contributed by atoms with Crippen LogP contribution in [-0.4, -0.2) is 25.2 Å². The Kier molecular flexibility index (Phi) is 3.96. The van der Waals surface area contributed by atoms with Crippen LogP contribution >= 0.6 is 0 Å². The molecule has 0 spiro atoms. The molecule has 1 N–H and O–H groups in total. The Morgan fingerprint density at radius 2 is 1.83 bits per heavy atom. The zero-order valence-electron chi connectivity index (χ0n) is 12.2. The second-order valence-corrected chi connectivity index (χ2v) is 6.33. The van der Waals surface area contributed by atoms with Gasteiger partial charge in [-0.1, -0.05) is 26.0 Å². The molecule has 0 aliphatic carbocycles. The van der Waals surface area contributed by atoms with Gasteiger partial charge in [0, 0.05) is 24.3 Å². The lowest BCUT2D eigenvalue weighted by atomic mass is 10.0. The van der Waals surface area contributed by atoms with Gasteiger partial charge in [0.15, 0.2) is 0 Å². The molecule has 0 bridgehead atoms. The first kappa shape index (κ1) is 13.4. The normalized spacial score (nSPS) is 19.9. The number of nitrogens with zero attached hydrogens (tertiary/aromatic N) is 1. The fourth-order valence-electron chi connectivity index (χ4n) is 2.60. The van der Waals surface area contributed by atoms with Crippen molar-refractivity contribution in [2.45, 2.75) is 45.6 Å². The highest BCUT2D eigenvalue weighted by Crippen LogP contribution is 2.23. The molecule has 1 aromatic carbocycles. The maximum absolute atomic E-state index is 3.61. The second-order valence-electron chi connectivity index (χ2n) is 6.33. The van der Waals surface area contributed by atoms with Crippen LogP contribution in [-0.2, 0) is 0 Å². The molecule has 1 heterocycles. The summed E-state index contributed by atoms with van der Waals surface area (Å²) in [4.78, 5) is 2.50. The van der Waals surface area contributed by atoms with E-state index in [-0.39, 0.29) is 5.54 Å². The van der Waals surface area contributed by atoms with Crippen LogP contribution in [0.4, 0.5) is 5.69 Å². The quantitative estimate of drug-likeness (QED) is 0.860. The maximum Gasteiger partial charge on any atom is 0.0367 e. The first-order chi connectivity index (χ1) is 8.48. The van der Waals surface area contributed by atoms with Gasteiger partial charge in [-0.2, -0.15) is 0 Å². The summed E-state index contributed by atoms with van der Waals surface area (Å²) in [6.45, 7) is 12.4. The molecule has 0 saturated carbocycles. The van der Waals surface area contributed by atoms with Crippen molar-refractivity contribution in [3.63, 3.8) is 0 Å². The molecule has 0 atom stereocenters. The fourth-order valence-corrected chi connectivity index (χ4v) is 2.60. The summed E-state index contributed by atoms with van der Waals surface area (Å²) in [6, 6.07) is 9.09. The molecule has 0 amide bonds. The predicted octanol–water partition coefficient (Wildman–Crippen LogP) is 3.39. The molecule has 1 fully saturated rings. The number of rotatable bonds is 2. The van der Waals surface area contributed by atoms with E-state index in [1.165, 1.54) is 17.7 Å². The van der Waals surface area contributed by atoms with Gasteiger partial charge < -0.3 is 10.2 Å². The molecule has 100 valence electrons. The molecule has 2 rings (SSSR count). The highest BCUT2D eigenvalue weighted by Gasteiger charge is 2.23. The Morgan fingerprint density at radius 3 is 2.44 bits per heavy atom. The van der Waals surface area contributed by atoms with Crippen molar-refractivity contribution in [1.29, 1.82) is 0 Å². The predicted molar refractivity (Wildman–Crippen MR) is 79.4 cm³/mol. The van der Waals surface area contributed by atoms with E-state index in [0.717, 1.165) is 19.6 Å². The van der Waals surface area contributed by atoms with E-state index in [1.54, 1.807) is 0 Å². The van der Waals surface area contributed by atoms with Gasteiger partial charge in [-0.3, -0.25) is 0 Å². The zero-order valence-corrected chi connectivity index (χ0v) is 12.2. The lowest BCUT2D eigenvalue weighted by Gasteiger charge is -2.31. The van der Waals surface area contributed by atoms with E-state index >= 15 is 0 Å². The molecule has 0 unspecified atom stereocenters. The van der Waals surface area contributed by atoms with Crippen molar-refractivity contribution < 1.29 is 0 Å². The van der Waals surface area contributed by atoms with E-state index in [4.69, 9.17) is 0 Å². The van der Waals surface area contributed by atoms with Crippen molar-refractivity contribution in [3.8, 4) is 0 Å². The van der Waals surface area contributed by atoms with Gasteiger partial charge in [-0.25, -0.2) is 0 Å². The summed E-state index contributed by atoms with van der Waals surface area (Å²) in [5.41, 5.74) is 2.98. The van der Waals surface area contributed by atoms with E-state index < -0.39 is 0 Å². The SMILES string of the molecule is CC(C)c1ccc(N2CCCNC(C)(C)C2)cc1. The number of benzene rings is 1. The van der Waals surface area contributed by atoms with Gasteiger partial charge in [0.25, 0.3) is 0 Å². The van der Waals surface area contributed by atoms with Crippen LogP contribution < -0.4 is 10.2 Å². The van der Waals surface area contributed by atoms with Crippen LogP contribution in [0.15, 0.2) is 24.3 Å². The Labute approximate surface area is 111 Å².